The highest BCUT2D eigenvalue weighted by atomic mass is 16.3. The predicted molar refractivity (Wildman–Crippen MR) is 257 cm³/mol. The maximum Gasteiger partial charge on any atom is 0.135 e. The Bertz CT molecular complexity index is 3500. The highest BCUT2D eigenvalue weighted by Gasteiger charge is 2.35. The summed E-state index contributed by atoms with van der Waals surface area (Å²) >= 11 is 0. The van der Waals surface area contributed by atoms with Gasteiger partial charge in [-0.1, -0.05) is 166 Å². The summed E-state index contributed by atoms with van der Waals surface area (Å²) in [6.07, 6.45) is 0. The van der Waals surface area contributed by atoms with Crippen LogP contribution in [0, 0.1) is 0 Å². The van der Waals surface area contributed by atoms with Gasteiger partial charge in [0.05, 0.1) is 0 Å². The highest BCUT2D eigenvalue weighted by molar-refractivity contribution is 6.12. The highest BCUT2D eigenvalue weighted by Crippen LogP contribution is 2.50. The van der Waals surface area contributed by atoms with Crippen LogP contribution in [0.25, 0.3) is 88.0 Å². The molecule has 0 amide bonds. The summed E-state index contributed by atoms with van der Waals surface area (Å²) in [5.41, 5.74) is 17.7. The lowest BCUT2D eigenvalue weighted by Gasteiger charge is -2.27. The van der Waals surface area contributed by atoms with E-state index in [2.05, 4.69) is 219 Å². The SMILES string of the molecule is CC1(C)c2ccccc2-c2ccc(-c3ccc(N(c4ccc(-c5ccc6oc7ccccc7c6c5)cc4)c4cccc(-c5cccc6c5ccc5ccccc56)c4)cc3)cc21. The molecular formula is C59H41NO. The molecule has 0 fully saturated rings. The van der Waals surface area contributed by atoms with Gasteiger partial charge in [-0.25, -0.2) is 0 Å². The van der Waals surface area contributed by atoms with E-state index in [1.54, 1.807) is 0 Å². The number of para-hydroxylation sites is 1. The van der Waals surface area contributed by atoms with Crippen LogP contribution < -0.4 is 4.90 Å². The van der Waals surface area contributed by atoms with Crippen LogP contribution in [0.4, 0.5) is 17.1 Å². The Morgan fingerprint density at radius 3 is 1.75 bits per heavy atom. The van der Waals surface area contributed by atoms with E-state index in [9.17, 15) is 0 Å². The van der Waals surface area contributed by atoms with Crippen molar-refractivity contribution in [2.45, 2.75) is 19.3 Å². The van der Waals surface area contributed by atoms with E-state index in [1.165, 1.54) is 66.1 Å². The molecule has 1 aliphatic rings. The normalized spacial score (nSPS) is 12.9. The Kier molecular flexibility index (Phi) is 7.92. The van der Waals surface area contributed by atoms with E-state index in [4.69, 9.17) is 4.42 Å². The van der Waals surface area contributed by atoms with E-state index in [0.717, 1.165) is 50.1 Å². The zero-order chi connectivity index (χ0) is 40.7. The standard InChI is InChI=1S/C59H41NO/c1-59(2)55-19-7-5-15-51(55)52-33-26-42(37-56(52)59)39-23-30-45(31-24-39)60(44-28-21-38(22-29-44)41-27-34-58-54(36-41)53-16-6-8-20-57(53)61-58)46-13-9-12-43(35-46)48-17-10-18-49-47-14-4-3-11-40(47)25-32-50(48)49/h3-37H,1-2H3. The minimum Gasteiger partial charge on any atom is -0.456 e. The molecule has 0 saturated carbocycles. The fourth-order valence-electron chi connectivity index (χ4n) is 9.95. The molecule has 61 heavy (non-hydrogen) atoms. The minimum absolute atomic E-state index is 0.0505. The number of hydrogen-bond acceptors (Lipinski definition) is 2. The number of anilines is 3. The monoisotopic (exact) mass is 779 g/mol. The van der Waals surface area contributed by atoms with Crippen molar-refractivity contribution >= 4 is 60.5 Å². The molecule has 12 rings (SSSR count). The molecule has 0 N–H and O–H groups in total. The fourth-order valence-corrected chi connectivity index (χ4v) is 9.95. The zero-order valence-electron chi connectivity index (χ0n) is 34.1. The van der Waals surface area contributed by atoms with Gasteiger partial charge < -0.3 is 9.32 Å². The molecule has 0 unspecified atom stereocenters. The number of nitrogens with zero attached hydrogens (tertiary/aromatic N) is 1. The summed E-state index contributed by atoms with van der Waals surface area (Å²) in [7, 11) is 0. The molecule has 2 heteroatoms. The summed E-state index contributed by atoms with van der Waals surface area (Å²) < 4.78 is 6.15. The molecule has 288 valence electrons. The lowest BCUT2D eigenvalue weighted by atomic mass is 9.81. The Labute approximate surface area is 355 Å². The van der Waals surface area contributed by atoms with Crippen molar-refractivity contribution in [1.82, 2.24) is 0 Å². The number of rotatable bonds is 6. The topological polar surface area (TPSA) is 16.4 Å². The second-order valence-corrected chi connectivity index (χ2v) is 16.9. The van der Waals surface area contributed by atoms with Gasteiger partial charge in [-0.05, 0) is 138 Å². The van der Waals surface area contributed by atoms with Gasteiger partial charge >= 0.3 is 0 Å². The van der Waals surface area contributed by atoms with Crippen molar-refractivity contribution in [3.63, 3.8) is 0 Å². The summed E-state index contributed by atoms with van der Waals surface area (Å²) in [5, 5.41) is 7.32. The molecule has 1 aromatic heterocycles. The zero-order valence-corrected chi connectivity index (χ0v) is 34.1. The van der Waals surface area contributed by atoms with Gasteiger partial charge in [0.15, 0.2) is 0 Å². The first-order valence-corrected chi connectivity index (χ1v) is 21.2. The molecule has 0 radical (unpaired) electrons. The quantitative estimate of drug-likeness (QED) is 0.156. The molecule has 0 saturated heterocycles. The first kappa shape index (κ1) is 35.3. The largest absolute Gasteiger partial charge is 0.456 e. The van der Waals surface area contributed by atoms with Gasteiger partial charge in [-0.15, -0.1) is 0 Å². The number of hydrogen-bond donors (Lipinski definition) is 0. The van der Waals surface area contributed by atoms with E-state index >= 15 is 0 Å². The average Bonchev–Trinajstić information content (AvgIpc) is 3.80. The first-order valence-electron chi connectivity index (χ1n) is 21.2. The lowest BCUT2D eigenvalue weighted by molar-refractivity contribution is 0.660. The Balaban J connectivity index is 0.953. The van der Waals surface area contributed by atoms with Crippen molar-refractivity contribution in [2.75, 3.05) is 4.90 Å². The summed E-state index contributed by atoms with van der Waals surface area (Å²) in [5.74, 6) is 0. The number of benzene rings is 10. The van der Waals surface area contributed by atoms with Crippen LogP contribution in [0.15, 0.2) is 217 Å². The molecule has 10 aromatic carbocycles. The van der Waals surface area contributed by atoms with E-state index in [0.29, 0.717) is 0 Å². The summed E-state index contributed by atoms with van der Waals surface area (Å²) in [6.45, 7) is 4.69. The second kappa shape index (κ2) is 13.7. The van der Waals surface area contributed by atoms with Gasteiger partial charge in [0.2, 0.25) is 0 Å². The van der Waals surface area contributed by atoms with Gasteiger partial charge in [0.25, 0.3) is 0 Å². The Morgan fingerprint density at radius 2 is 0.934 bits per heavy atom. The molecule has 2 nitrogen and oxygen atoms in total. The first-order chi connectivity index (χ1) is 30.0. The number of fused-ring (bicyclic) bond motifs is 9. The van der Waals surface area contributed by atoms with Gasteiger partial charge in [0.1, 0.15) is 11.2 Å². The molecule has 1 aliphatic carbocycles. The third-order valence-electron chi connectivity index (χ3n) is 13.1. The summed E-state index contributed by atoms with van der Waals surface area (Å²) in [4.78, 5) is 2.38. The molecule has 0 bridgehead atoms. The maximum atomic E-state index is 6.15. The smallest absolute Gasteiger partial charge is 0.135 e. The molecule has 0 aliphatic heterocycles. The average molecular weight is 780 g/mol. The van der Waals surface area contributed by atoms with Crippen LogP contribution in [0.3, 0.4) is 0 Å². The number of furan rings is 1. The minimum atomic E-state index is -0.0505. The van der Waals surface area contributed by atoms with Crippen molar-refractivity contribution in [2.24, 2.45) is 0 Å². The maximum absolute atomic E-state index is 6.15. The Hall–Kier alpha value is -7.68. The van der Waals surface area contributed by atoms with Crippen LogP contribution >= 0.6 is 0 Å². The van der Waals surface area contributed by atoms with Crippen molar-refractivity contribution in [3.8, 4) is 44.5 Å². The summed E-state index contributed by atoms with van der Waals surface area (Å²) in [6, 6.07) is 77.5. The predicted octanol–water partition coefficient (Wildman–Crippen LogP) is 16.7. The van der Waals surface area contributed by atoms with Crippen LogP contribution in [0.5, 0.6) is 0 Å². The molecule has 0 spiro atoms. The van der Waals surface area contributed by atoms with Crippen molar-refractivity contribution in [3.05, 3.63) is 223 Å². The van der Waals surface area contributed by atoms with Gasteiger partial charge in [0, 0.05) is 33.2 Å². The van der Waals surface area contributed by atoms with E-state index in [1.807, 2.05) is 12.1 Å². The fraction of sp³-hybridized carbons (Fsp3) is 0.0508. The van der Waals surface area contributed by atoms with Crippen LogP contribution in [-0.2, 0) is 5.41 Å². The van der Waals surface area contributed by atoms with Crippen LogP contribution in [0.2, 0.25) is 0 Å². The van der Waals surface area contributed by atoms with E-state index in [-0.39, 0.29) is 5.41 Å². The van der Waals surface area contributed by atoms with E-state index < -0.39 is 0 Å². The second-order valence-electron chi connectivity index (χ2n) is 16.9. The molecular weight excluding hydrogens is 739 g/mol. The van der Waals surface area contributed by atoms with Crippen molar-refractivity contribution < 1.29 is 4.42 Å². The van der Waals surface area contributed by atoms with Crippen LogP contribution in [-0.4, -0.2) is 0 Å². The van der Waals surface area contributed by atoms with Gasteiger partial charge in [-0.2, -0.15) is 0 Å². The Morgan fingerprint density at radius 1 is 0.328 bits per heavy atom. The molecule has 1 heterocycles. The van der Waals surface area contributed by atoms with Crippen LogP contribution in [0.1, 0.15) is 25.0 Å². The third kappa shape index (κ3) is 5.71. The third-order valence-corrected chi connectivity index (χ3v) is 13.1. The lowest BCUT2D eigenvalue weighted by Crippen LogP contribution is -2.14. The van der Waals surface area contributed by atoms with Gasteiger partial charge in [-0.3, -0.25) is 0 Å². The molecule has 11 aromatic rings. The molecule has 0 atom stereocenters. The van der Waals surface area contributed by atoms with Crippen molar-refractivity contribution in [1.29, 1.82) is 0 Å².